The van der Waals surface area contributed by atoms with Crippen molar-refractivity contribution in [3.8, 4) is 6.07 Å². The van der Waals surface area contributed by atoms with Crippen molar-refractivity contribution in [2.75, 3.05) is 5.32 Å². The number of rotatable bonds is 3. The van der Waals surface area contributed by atoms with Crippen LogP contribution in [-0.2, 0) is 31.1 Å². The second-order valence-corrected chi connectivity index (χ2v) is 6.70. The number of amides is 1. The molecule has 2 aromatic rings. The second kappa shape index (κ2) is 6.84. The van der Waals surface area contributed by atoms with Gasteiger partial charge < -0.3 is 20.5 Å². The Bertz CT molecular complexity index is 1130. The van der Waals surface area contributed by atoms with E-state index in [9.17, 15) is 14.9 Å². The number of nitriles is 1. The van der Waals surface area contributed by atoms with Crippen molar-refractivity contribution < 1.29 is 19.1 Å². The summed E-state index contributed by atoms with van der Waals surface area (Å²) < 4.78 is 10.9. The Kier molecular flexibility index (Phi) is 4.32. The van der Waals surface area contributed by atoms with Gasteiger partial charge in [-0.05, 0) is 18.6 Å². The number of para-hydroxylation sites is 1. The van der Waals surface area contributed by atoms with Crippen molar-refractivity contribution >= 4 is 17.6 Å². The minimum absolute atomic E-state index is 0.000751. The topological polar surface area (TPSA) is 114 Å². The van der Waals surface area contributed by atoms with Gasteiger partial charge in [0.15, 0.2) is 5.41 Å². The maximum absolute atomic E-state index is 13.2. The summed E-state index contributed by atoms with van der Waals surface area (Å²) in [6, 6.07) is 18.0. The number of ether oxygens (including phenoxy) is 2. The van der Waals surface area contributed by atoms with Gasteiger partial charge in [-0.1, -0.05) is 48.5 Å². The molecule has 0 saturated carbocycles. The minimum Gasteiger partial charge on any atom is -0.457 e. The predicted octanol–water partition coefficient (Wildman–Crippen LogP) is 2.62. The van der Waals surface area contributed by atoms with E-state index in [1.807, 2.05) is 24.3 Å². The molecule has 144 valence electrons. The van der Waals surface area contributed by atoms with Gasteiger partial charge in [-0.3, -0.25) is 4.79 Å². The second-order valence-electron chi connectivity index (χ2n) is 6.70. The lowest BCUT2D eigenvalue weighted by Gasteiger charge is -2.33. The zero-order valence-electron chi connectivity index (χ0n) is 15.6. The van der Waals surface area contributed by atoms with Gasteiger partial charge in [0.25, 0.3) is 0 Å². The number of fused-ring (bicyclic) bond motifs is 2. The molecule has 2 aromatic carbocycles. The summed E-state index contributed by atoms with van der Waals surface area (Å²) in [4.78, 5) is 26.3. The standard InChI is InChI=1S/C22H17N3O4/c1-13-16(11-23)22(15-9-5-6-10-17(15)25-21(22)27)18(19(24)29-13)20(26)28-12-14-7-3-2-4-8-14/h2-10H,12,24H2,1H3,(H,25,27). The van der Waals surface area contributed by atoms with Crippen molar-refractivity contribution in [1.29, 1.82) is 5.26 Å². The van der Waals surface area contributed by atoms with Crippen molar-refractivity contribution in [3.05, 3.63) is 88.5 Å². The van der Waals surface area contributed by atoms with Crippen molar-refractivity contribution in [2.24, 2.45) is 5.73 Å². The average molecular weight is 387 g/mol. The predicted molar refractivity (Wildman–Crippen MR) is 104 cm³/mol. The molecule has 0 aromatic heterocycles. The molecule has 7 heteroatoms. The number of anilines is 1. The van der Waals surface area contributed by atoms with E-state index < -0.39 is 17.3 Å². The third-order valence-corrected chi connectivity index (χ3v) is 5.06. The number of nitrogens with two attached hydrogens (primary N) is 1. The maximum Gasteiger partial charge on any atom is 0.341 e. The van der Waals surface area contributed by atoms with Gasteiger partial charge in [0, 0.05) is 11.3 Å². The van der Waals surface area contributed by atoms with Crippen LogP contribution in [0.25, 0.3) is 0 Å². The lowest BCUT2D eigenvalue weighted by molar-refractivity contribution is -0.142. The molecule has 0 radical (unpaired) electrons. The van der Waals surface area contributed by atoms with Gasteiger partial charge >= 0.3 is 5.97 Å². The van der Waals surface area contributed by atoms with Crippen LogP contribution in [0.2, 0.25) is 0 Å². The van der Waals surface area contributed by atoms with Gasteiger partial charge in [0.2, 0.25) is 11.8 Å². The van der Waals surface area contributed by atoms with E-state index in [0.717, 1.165) is 5.56 Å². The van der Waals surface area contributed by atoms with Crippen LogP contribution in [0.1, 0.15) is 18.1 Å². The zero-order chi connectivity index (χ0) is 20.6. The zero-order valence-corrected chi connectivity index (χ0v) is 15.6. The highest BCUT2D eigenvalue weighted by Crippen LogP contribution is 2.51. The van der Waals surface area contributed by atoms with Crippen molar-refractivity contribution in [3.63, 3.8) is 0 Å². The first kappa shape index (κ1) is 18.3. The third kappa shape index (κ3) is 2.65. The van der Waals surface area contributed by atoms with E-state index in [4.69, 9.17) is 15.2 Å². The summed E-state index contributed by atoms with van der Waals surface area (Å²) in [6.07, 6.45) is 0. The number of esters is 1. The molecule has 0 aliphatic carbocycles. The van der Waals surface area contributed by atoms with Crippen LogP contribution >= 0.6 is 0 Å². The molecule has 2 heterocycles. The lowest BCUT2D eigenvalue weighted by Crippen LogP contribution is -2.45. The van der Waals surface area contributed by atoms with E-state index in [-0.39, 0.29) is 29.4 Å². The van der Waals surface area contributed by atoms with E-state index in [2.05, 4.69) is 5.32 Å². The lowest BCUT2D eigenvalue weighted by atomic mass is 9.68. The fraction of sp³-hybridized carbons (Fsp3) is 0.136. The Morgan fingerprint density at radius 1 is 1.21 bits per heavy atom. The Morgan fingerprint density at radius 2 is 1.90 bits per heavy atom. The molecule has 2 aliphatic rings. The number of hydrogen-bond donors (Lipinski definition) is 2. The monoisotopic (exact) mass is 387 g/mol. The van der Waals surface area contributed by atoms with Crippen LogP contribution in [0.5, 0.6) is 0 Å². The van der Waals surface area contributed by atoms with Crippen LogP contribution in [0.3, 0.4) is 0 Å². The number of allylic oxidation sites excluding steroid dienone is 1. The number of carbonyl (C=O) groups excluding carboxylic acids is 2. The van der Waals surface area contributed by atoms with Crippen LogP contribution in [0, 0.1) is 11.3 Å². The quantitative estimate of drug-likeness (QED) is 0.783. The fourth-order valence-corrected chi connectivity index (χ4v) is 3.81. The van der Waals surface area contributed by atoms with Crippen LogP contribution in [-0.4, -0.2) is 11.9 Å². The molecule has 29 heavy (non-hydrogen) atoms. The molecule has 1 atom stereocenters. The largest absolute Gasteiger partial charge is 0.457 e. The van der Waals surface area contributed by atoms with Gasteiger partial charge in [-0.25, -0.2) is 4.79 Å². The SMILES string of the molecule is CC1=C(C#N)C2(C(=O)Nc3ccccc32)C(C(=O)OCc2ccccc2)=C(N)O1. The molecule has 0 saturated heterocycles. The van der Waals surface area contributed by atoms with E-state index in [1.54, 1.807) is 36.4 Å². The van der Waals surface area contributed by atoms with Crippen LogP contribution < -0.4 is 11.1 Å². The molecule has 1 amide bonds. The number of hydrogen-bond acceptors (Lipinski definition) is 6. The summed E-state index contributed by atoms with van der Waals surface area (Å²) >= 11 is 0. The normalized spacial score (nSPS) is 20.1. The summed E-state index contributed by atoms with van der Waals surface area (Å²) in [5.74, 6) is -1.46. The number of carbonyl (C=O) groups is 2. The molecule has 4 rings (SSSR count). The molecule has 7 nitrogen and oxygen atoms in total. The van der Waals surface area contributed by atoms with E-state index >= 15 is 0 Å². The van der Waals surface area contributed by atoms with Crippen molar-refractivity contribution in [1.82, 2.24) is 0 Å². The Labute approximate surface area is 167 Å². The minimum atomic E-state index is -1.72. The molecule has 2 aliphatic heterocycles. The first-order valence-corrected chi connectivity index (χ1v) is 8.91. The molecule has 0 bridgehead atoms. The maximum atomic E-state index is 13.2. The highest BCUT2D eigenvalue weighted by molar-refractivity contribution is 6.17. The summed E-state index contributed by atoms with van der Waals surface area (Å²) in [5, 5.41) is 12.6. The highest BCUT2D eigenvalue weighted by Gasteiger charge is 2.59. The fourth-order valence-electron chi connectivity index (χ4n) is 3.81. The molecule has 1 unspecified atom stereocenters. The number of nitrogens with one attached hydrogen (secondary N) is 1. The van der Waals surface area contributed by atoms with Gasteiger partial charge in [-0.15, -0.1) is 0 Å². The highest BCUT2D eigenvalue weighted by atomic mass is 16.5. The van der Waals surface area contributed by atoms with Gasteiger partial charge in [-0.2, -0.15) is 5.26 Å². The van der Waals surface area contributed by atoms with Gasteiger partial charge in [0.1, 0.15) is 24.0 Å². The Morgan fingerprint density at radius 3 is 2.62 bits per heavy atom. The van der Waals surface area contributed by atoms with E-state index in [1.165, 1.54) is 6.92 Å². The number of benzene rings is 2. The first-order valence-electron chi connectivity index (χ1n) is 8.91. The molecule has 1 spiro atoms. The van der Waals surface area contributed by atoms with E-state index in [0.29, 0.717) is 11.3 Å². The van der Waals surface area contributed by atoms with Crippen LogP contribution in [0.15, 0.2) is 77.4 Å². The molecular weight excluding hydrogens is 370 g/mol. The summed E-state index contributed by atoms with van der Waals surface area (Å²) in [5.41, 5.74) is 5.88. The first-order chi connectivity index (χ1) is 14.0. The van der Waals surface area contributed by atoms with Gasteiger partial charge in [0.05, 0.1) is 5.57 Å². The van der Waals surface area contributed by atoms with Crippen molar-refractivity contribution in [2.45, 2.75) is 18.9 Å². The average Bonchev–Trinajstić information content (AvgIpc) is 2.99. The Hall–Kier alpha value is -4.05. The summed E-state index contributed by atoms with van der Waals surface area (Å²) in [7, 11) is 0. The molecular formula is C22H17N3O4. The molecule has 0 fully saturated rings. The number of nitrogens with zero attached hydrogens (tertiary/aromatic N) is 1. The van der Waals surface area contributed by atoms with Crippen LogP contribution in [0.4, 0.5) is 5.69 Å². The third-order valence-electron chi connectivity index (χ3n) is 5.06. The summed E-state index contributed by atoms with van der Waals surface area (Å²) in [6.45, 7) is 1.52. The molecule has 3 N–H and O–H groups in total. The Balaban J connectivity index is 1.84. The smallest absolute Gasteiger partial charge is 0.341 e.